The van der Waals surface area contributed by atoms with Gasteiger partial charge in [0.25, 0.3) is 0 Å². The Hall–Kier alpha value is -3.10. The zero-order valence-electron chi connectivity index (χ0n) is 13.6. The van der Waals surface area contributed by atoms with E-state index in [4.69, 9.17) is 4.74 Å². The molecule has 6 nitrogen and oxygen atoms in total. The van der Waals surface area contributed by atoms with Crippen LogP contribution in [0.1, 0.15) is 10.4 Å². The van der Waals surface area contributed by atoms with Crippen molar-refractivity contribution in [3.05, 3.63) is 70.3 Å². The fraction of sp³-hybridized carbons (Fsp3) is 0.235. The SMILES string of the molecule is COc1ccc(N[C@@H]([C@@H](C(=O)c2ccccc2)[N+](=O)[O-])C(F)(F)F)cc1. The van der Waals surface area contributed by atoms with Crippen molar-refractivity contribution in [1.82, 2.24) is 0 Å². The van der Waals surface area contributed by atoms with Crippen molar-refractivity contribution in [2.75, 3.05) is 12.4 Å². The molecule has 0 fully saturated rings. The quantitative estimate of drug-likeness (QED) is 0.459. The van der Waals surface area contributed by atoms with E-state index >= 15 is 0 Å². The van der Waals surface area contributed by atoms with Crippen LogP contribution >= 0.6 is 0 Å². The number of ether oxygens (including phenoxy) is 1. The topological polar surface area (TPSA) is 81.5 Å². The molecular formula is C17H15F3N2O4. The summed E-state index contributed by atoms with van der Waals surface area (Å²) in [6, 6.07) is 6.99. The van der Waals surface area contributed by atoms with Gasteiger partial charge in [0, 0.05) is 16.2 Å². The van der Waals surface area contributed by atoms with Crippen molar-refractivity contribution in [3.63, 3.8) is 0 Å². The number of hydrogen-bond donors (Lipinski definition) is 1. The Bertz CT molecular complexity index is 764. The molecule has 0 aliphatic heterocycles. The lowest BCUT2D eigenvalue weighted by atomic mass is 9.97. The third-order valence-electron chi connectivity index (χ3n) is 3.63. The molecule has 0 saturated carbocycles. The van der Waals surface area contributed by atoms with E-state index in [1.54, 1.807) is 6.07 Å². The molecule has 2 aromatic carbocycles. The van der Waals surface area contributed by atoms with Gasteiger partial charge in [0.05, 0.1) is 7.11 Å². The van der Waals surface area contributed by atoms with Gasteiger partial charge in [-0.15, -0.1) is 0 Å². The first-order valence-electron chi connectivity index (χ1n) is 7.44. The van der Waals surface area contributed by atoms with E-state index in [0.717, 1.165) is 0 Å². The average molecular weight is 368 g/mol. The Balaban J connectivity index is 2.38. The summed E-state index contributed by atoms with van der Waals surface area (Å²) in [5, 5.41) is 13.4. The van der Waals surface area contributed by atoms with Crippen molar-refractivity contribution in [2.24, 2.45) is 0 Å². The first-order chi connectivity index (χ1) is 12.2. The molecule has 2 rings (SSSR count). The minimum Gasteiger partial charge on any atom is -0.497 e. The third kappa shape index (κ3) is 4.50. The molecule has 0 radical (unpaired) electrons. The van der Waals surface area contributed by atoms with E-state index in [0.29, 0.717) is 5.75 Å². The van der Waals surface area contributed by atoms with Gasteiger partial charge in [0.15, 0.2) is 6.04 Å². The van der Waals surface area contributed by atoms with Gasteiger partial charge in [-0.2, -0.15) is 13.2 Å². The summed E-state index contributed by atoms with van der Waals surface area (Å²) in [6.07, 6.45) is -5.03. The number of halogens is 3. The monoisotopic (exact) mass is 368 g/mol. The third-order valence-corrected chi connectivity index (χ3v) is 3.63. The average Bonchev–Trinajstić information content (AvgIpc) is 2.61. The Kier molecular flexibility index (Phi) is 5.81. The molecule has 0 spiro atoms. The predicted octanol–water partition coefficient (Wildman–Crippen LogP) is 3.57. The smallest absolute Gasteiger partial charge is 0.415 e. The molecule has 0 amide bonds. The number of rotatable bonds is 7. The van der Waals surface area contributed by atoms with Crippen LogP contribution < -0.4 is 10.1 Å². The molecule has 26 heavy (non-hydrogen) atoms. The van der Waals surface area contributed by atoms with E-state index < -0.39 is 29.0 Å². The standard InChI is InChI=1S/C17H15F3N2O4/c1-26-13-9-7-12(8-10-13)21-16(17(18,19)20)14(22(24)25)15(23)11-5-3-2-4-6-11/h2-10,14,16,21H,1H3/t14-,16+/m1/s1. The molecule has 0 aliphatic rings. The van der Waals surface area contributed by atoms with Gasteiger partial charge < -0.3 is 10.1 Å². The molecule has 0 aliphatic carbocycles. The molecule has 1 N–H and O–H groups in total. The van der Waals surface area contributed by atoms with Gasteiger partial charge >= 0.3 is 12.2 Å². The zero-order valence-corrected chi connectivity index (χ0v) is 13.6. The molecule has 0 aromatic heterocycles. The number of alkyl halides is 3. The largest absolute Gasteiger partial charge is 0.497 e. The summed E-state index contributed by atoms with van der Waals surface area (Å²) in [5.74, 6) is -0.816. The molecule has 0 saturated heterocycles. The van der Waals surface area contributed by atoms with Gasteiger partial charge in [0.2, 0.25) is 5.78 Å². The van der Waals surface area contributed by atoms with E-state index in [1.165, 1.54) is 55.6 Å². The summed E-state index contributed by atoms with van der Waals surface area (Å²) >= 11 is 0. The molecule has 2 atom stereocenters. The number of benzene rings is 2. The van der Waals surface area contributed by atoms with Crippen LogP contribution in [-0.4, -0.2) is 36.1 Å². The maximum atomic E-state index is 13.5. The Morgan fingerprint density at radius 3 is 2.15 bits per heavy atom. The number of ketones is 1. The summed E-state index contributed by atoms with van der Waals surface area (Å²) < 4.78 is 45.4. The van der Waals surface area contributed by atoms with Crippen molar-refractivity contribution in [3.8, 4) is 5.75 Å². The Labute approximate surface area is 146 Å². The Morgan fingerprint density at radius 2 is 1.69 bits per heavy atom. The van der Waals surface area contributed by atoms with E-state index in [9.17, 15) is 28.1 Å². The number of anilines is 1. The maximum absolute atomic E-state index is 13.5. The van der Waals surface area contributed by atoms with Crippen molar-refractivity contribution < 1.29 is 27.6 Å². The summed E-state index contributed by atoms with van der Waals surface area (Å²) in [4.78, 5) is 22.5. The summed E-state index contributed by atoms with van der Waals surface area (Å²) in [7, 11) is 1.39. The minimum absolute atomic E-state index is 0.0270. The summed E-state index contributed by atoms with van der Waals surface area (Å²) in [6.45, 7) is 0. The van der Waals surface area contributed by atoms with Crippen LogP contribution in [-0.2, 0) is 0 Å². The highest BCUT2D eigenvalue weighted by molar-refractivity contribution is 6.00. The molecule has 2 aromatic rings. The number of methoxy groups -OCH3 is 1. The number of nitrogens with one attached hydrogen (secondary N) is 1. The normalized spacial score (nSPS) is 13.5. The van der Waals surface area contributed by atoms with Gasteiger partial charge in [-0.1, -0.05) is 30.3 Å². The number of nitro groups is 1. The number of carbonyl (C=O) groups is 1. The van der Waals surface area contributed by atoms with Gasteiger partial charge in [-0.25, -0.2) is 0 Å². The van der Waals surface area contributed by atoms with Crippen molar-refractivity contribution >= 4 is 11.5 Å². The van der Waals surface area contributed by atoms with Gasteiger partial charge in [-0.05, 0) is 24.3 Å². The fourth-order valence-corrected chi connectivity index (χ4v) is 2.35. The van der Waals surface area contributed by atoms with Crippen LogP contribution in [0, 0.1) is 10.1 Å². The van der Waals surface area contributed by atoms with Crippen LogP contribution in [0.5, 0.6) is 5.75 Å². The Morgan fingerprint density at radius 1 is 1.12 bits per heavy atom. The van der Waals surface area contributed by atoms with Crippen molar-refractivity contribution in [1.29, 1.82) is 0 Å². The molecule has 9 heteroatoms. The zero-order chi connectivity index (χ0) is 19.3. The van der Waals surface area contributed by atoms with Crippen LogP contribution in [0.15, 0.2) is 54.6 Å². The first kappa shape index (κ1) is 19.2. The maximum Gasteiger partial charge on any atom is 0.415 e. The van der Waals surface area contributed by atoms with Crippen LogP contribution in [0.4, 0.5) is 18.9 Å². The second-order valence-electron chi connectivity index (χ2n) is 5.35. The van der Waals surface area contributed by atoms with Crippen LogP contribution in [0.25, 0.3) is 0 Å². The second-order valence-corrected chi connectivity index (χ2v) is 5.35. The second kappa shape index (κ2) is 7.85. The molecule has 0 heterocycles. The number of carbonyl (C=O) groups excluding carboxylic acids is 1. The van der Waals surface area contributed by atoms with Crippen LogP contribution in [0.3, 0.4) is 0 Å². The molecule has 0 unspecified atom stereocenters. The number of hydrogen-bond acceptors (Lipinski definition) is 5. The van der Waals surface area contributed by atoms with Gasteiger partial charge in [-0.3, -0.25) is 14.9 Å². The molecule has 138 valence electrons. The van der Waals surface area contributed by atoms with E-state index in [1.807, 2.05) is 0 Å². The number of Topliss-reactive ketones (excluding diaryl/α,β-unsaturated/α-hetero) is 1. The van der Waals surface area contributed by atoms with Gasteiger partial charge in [0.1, 0.15) is 5.75 Å². The van der Waals surface area contributed by atoms with E-state index in [-0.39, 0.29) is 11.3 Å². The highest BCUT2D eigenvalue weighted by atomic mass is 19.4. The lowest BCUT2D eigenvalue weighted by Gasteiger charge is -2.24. The highest BCUT2D eigenvalue weighted by Crippen LogP contribution is 2.29. The highest BCUT2D eigenvalue weighted by Gasteiger charge is 2.54. The predicted molar refractivity (Wildman–Crippen MR) is 88.0 cm³/mol. The lowest BCUT2D eigenvalue weighted by Crippen LogP contribution is -2.53. The number of nitrogens with zero attached hydrogens (tertiary/aromatic N) is 1. The molecule has 0 bridgehead atoms. The van der Waals surface area contributed by atoms with E-state index in [2.05, 4.69) is 5.32 Å². The first-order valence-corrected chi connectivity index (χ1v) is 7.44. The van der Waals surface area contributed by atoms with Crippen molar-refractivity contribution in [2.45, 2.75) is 18.3 Å². The fourth-order valence-electron chi connectivity index (χ4n) is 2.35. The lowest BCUT2D eigenvalue weighted by molar-refractivity contribution is -0.514. The molecular weight excluding hydrogens is 353 g/mol. The van der Waals surface area contributed by atoms with Crippen LogP contribution in [0.2, 0.25) is 0 Å². The minimum atomic E-state index is -5.03. The summed E-state index contributed by atoms with van der Waals surface area (Å²) in [5.41, 5.74) is -0.194.